The van der Waals surface area contributed by atoms with Gasteiger partial charge in [0.15, 0.2) is 0 Å². The molecule has 0 bridgehead atoms. The first-order valence-corrected chi connectivity index (χ1v) is 7.93. The molecule has 0 aliphatic rings. The second kappa shape index (κ2) is 5.53. The highest BCUT2D eigenvalue weighted by Crippen LogP contribution is 2.24. The number of nitrogens with one attached hydrogen (secondary N) is 3. The van der Waals surface area contributed by atoms with Gasteiger partial charge in [-0.3, -0.25) is 4.79 Å². The fourth-order valence-corrected chi connectivity index (χ4v) is 3.02. The zero-order valence-corrected chi connectivity index (χ0v) is 13.6. The molecule has 2 aromatic heterocycles. The van der Waals surface area contributed by atoms with E-state index in [0.717, 1.165) is 33.5 Å². The quantitative estimate of drug-likeness (QED) is 0.540. The molecule has 0 saturated carbocycles. The van der Waals surface area contributed by atoms with Gasteiger partial charge in [0, 0.05) is 11.1 Å². The maximum absolute atomic E-state index is 12.6. The first kappa shape index (κ1) is 14.5. The van der Waals surface area contributed by atoms with Crippen molar-refractivity contribution in [3.63, 3.8) is 0 Å². The summed E-state index contributed by atoms with van der Waals surface area (Å²) >= 11 is 0. The Morgan fingerprint density at radius 1 is 1.08 bits per heavy atom. The SMILES string of the molecule is Cc1[nH]c2c(C(=O)NCc3nc4ccccc4[nH]3)cccc2c1C. The Morgan fingerprint density at radius 3 is 2.75 bits per heavy atom. The predicted molar refractivity (Wildman–Crippen MR) is 95.0 cm³/mol. The highest BCUT2D eigenvalue weighted by atomic mass is 16.1. The first-order valence-electron chi connectivity index (χ1n) is 7.93. The number of aromatic amines is 2. The molecule has 24 heavy (non-hydrogen) atoms. The summed E-state index contributed by atoms with van der Waals surface area (Å²) in [6.07, 6.45) is 0. The van der Waals surface area contributed by atoms with E-state index in [1.54, 1.807) is 0 Å². The lowest BCUT2D eigenvalue weighted by Gasteiger charge is -2.05. The van der Waals surface area contributed by atoms with Crippen molar-refractivity contribution in [2.75, 3.05) is 0 Å². The molecule has 4 aromatic rings. The fourth-order valence-electron chi connectivity index (χ4n) is 3.02. The second-order valence-corrected chi connectivity index (χ2v) is 5.99. The lowest BCUT2D eigenvalue weighted by Crippen LogP contribution is -2.23. The van der Waals surface area contributed by atoms with E-state index in [4.69, 9.17) is 0 Å². The van der Waals surface area contributed by atoms with E-state index in [9.17, 15) is 4.79 Å². The number of aryl methyl sites for hydroxylation is 2. The molecule has 0 fully saturated rings. The fraction of sp³-hybridized carbons (Fsp3) is 0.158. The average molecular weight is 318 g/mol. The molecule has 120 valence electrons. The number of rotatable bonds is 3. The van der Waals surface area contributed by atoms with Gasteiger partial charge >= 0.3 is 0 Å². The van der Waals surface area contributed by atoms with Crippen molar-refractivity contribution < 1.29 is 4.79 Å². The van der Waals surface area contributed by atoms with Gasteiger partial charge in [0.2, 0.25) is 0 Å². The Balaban J connectivity index is 1.59. The number of hydrogen-bond donors (Lipinski definition) is 3. The van der Waals surface area contributed by atoms with Gasteiger partial charge in [-0.2, -0.15) is 0 Å². The number of benzene rings is 2. The third-order valence-corrected chi connectivity index (χ3v) is 4.44. The Labute approximate surface area is 139 Å². The van der Waals surface area contributed by atoms with Crippen LogP contribution in [0.2, 0.25) is 0 Å². The summed E-state index contributed by atoms with van der Waals surface area (Å²) < 4.78 is 0. The number of carbonyl (C=O) groups is 1. The minimum Gasteiger partial charge on any atom is -0.358 e. The maximum Gasteiger partial charge on any atom is 0.253 e. The summed E-state index contributed by atoms with van der Waals surface area (Å²) in [4.78, 5) is 23.6. The minimum absolute atomic E-state index is 0.109. The van der Waals surface area contributed by atoms with Crippen molar-refractivity contribution in [3.8, 4) is 0 Å². The van der Waals surface area contributed by atoms with Gasteiger partial charge in [-0.25, -0.2) is 4.98 Å². The van der Waals surface area contributed by atoms with Crippen LogP contribution in [0.25, 0.3) is 21.9 Å². The molecule has 1 amide bonds. The number of aromatic nitrogens is 3. The van der Waals surface area contributed by atoms with E-state index >= 15 is 0 Å². The second-order valence-electron chi connectivity index (χ2n) is 5.99. The highest BCUT2D eigenvalue weighted by Gasteiger charge is 2.14. The van der Waals surface area contributed by atoms with Crippen molar-refractivity contribution >= 4 is 27.8 Å². The molecule has 5 heteroatoms. The van der Waals surface area contributed by atoms with E-state index in [2.05, 4.69) is 27.2 Å². The lowest BCUT2D eigenvalue weighted by molar-refractivity contribution is 0.0951. The molecule has 0 radical (unpaired) electrons. The molecule has 0 aliphatic heterocycles. The summed E-state index contributed by atoms with van der Waals surface area (Å²) in [5.74, 6) is 0.637. The molecule has 5 nitrogen and oxygen atoms in total. The number of fused-ring (bicyclic) bond motifs is 2. The molecule has 0 unspecified atom stereocenters. The Kier molecular flexibility index (Phi) is 3.34. The van der Waals surface area contributed by atoms with Crippen LogP contribution in [-0.2, 0) is 6.54 Å². The third kappa shape index (κ3) is 2.34. The van der Waals surface area contributed by atoms with Crippen LogP contribution in [0.4, 0.5) is 0 Å². The molecule has 3 N–H and O–H groups in total. The van der Waals surface area contributed by atoms with Crippen LogP contribution in [0.1, 0.15) is 27.4 Å². The third-order valence-electron chi connectivity index (χ3n) is 4.44. The van der Waals surface area contributed by atoms with Gasteiger partial charge in [0.1, 0.15) is 5.82 Å². The normalized spacial score (nSPS) is 11.2. The molecule has 0 saturated heterocycles. The largest absolute Gasteiger partial charge is 0.358 e. The van der Waals surface area contributed by atoms with Gasteiger partial charge < -0.3 is 15.3 Å². The van der Waals surface area contributed by atoms with Crippen molar-refractivity contribution in [1.29, 1.82) is 0 Å². The standard InChI is InChI=1S/C19H18N4O/c1-11-12(2)21-18-13(11)6-5-7-14(18)19(24)20-10-17-22-15-8-3-4-9-16(15)23-17/h3-9,21H,10H2,1-2H3,(H,20,24)(H,22,23). The van der Waals surface area contributed by atoms with Gasteiger partial charge in [-0.1, -0.05) is 24.3 Å². The van der Waals surface area contributed by atoms with E-state index in [-0.39, 0.29) is 5.91 Å². The average Bonchev–Trinajstić information content (AvgIpc) is 3.14. The Morgan fingerprint density at radius 2 is 1.92 bits per heavy atom. The molecule has 0 spiro atoms. The zero-order valence-electron chi connectivity index (χ0n) is 13.6. The van der Waals surface area contributed by atoms with Crippen LogP contribution in [0.3, 0.4) is 0 Å². The van der Waals surface area contributed by atoms with Crippen molar-refractivity contribution in [2.24, 2.45) is 0 Å². The van der Waals surface area contributed by atoms with E-state index in [1.165, 1.54) is 5.56 Å². The van der Waals surface area contributed by atoms with Crippen molar-refractivity contribution in [2.45, 2.75) is 20.4 Å². The summed E-state index contributed by atoms with van der Waals surface area (Å²) in [5, 5.41) is 4.03. The minimum atomic E-state index is -0.109. The van der Waals surface area contributed by atoms with Gasteiger partial charge in [-0.05, 0) is 37.6 Å². The van der Waals surface area contributed by atoms with Crippen LogP contribution in [0, 0.1) is 13.8 Å². The van der Waals surface area contributed by atoms with Gasteiger partial charge in [0.25, 0.3) is 5.91 Å². The Bertz CT molecular complexity index is 1020. The number of imidazole rings is 1. The van der Waals surface area contributed by atoms with E-state index < -0.39 is 0 Å². The van der Waals surface area contributed by atoms with Crippen LogP contribution >= 0.6 is 0 Å². The molecular weight excluding hydrogens is 300 g/mol. The Hall–Kier alpha value is -3.08. The molecule has 0 atom stereocenters. The number of para-hydroxylation sites is 3. The number of nitrogens with zero attached hydrogens (tertiary/aromatic N) is 1. The lowest BCUT2D eigenvalue weighted by atomic mass is 10.1. The van der Waals surface area contributed by atoms with E-state index in [1.807, 2.05) is 49.4 Å². The van der Waals surface area contributed by atoms with Crippen LogP contribution in [0.15, 0.2) is 42.5 Å². The maximum atomic E-state index is 12.6. The summed E-state index contributed by atoms with van der Waals surface area (Å²) in [6.45, 7) is 4.44. The highest BCUT2D eigenvalue weighted by molar-refractivity contribution is 6.06. The van der Waals surface area contributed by atoms with Gasteiger partial charge in [-0.15, -0.1) is 0 Å². The molecular formula is C19H18N4O. The summed E-state index contributed by atoms with van der Waals surface area (Å²) in [7, 11) is 0. The monoisotopic (exact) mass is 318 g/mol. The van der Waals surface area contributed by atoms with E-state index in [0.29, 0.717) is 12.1 Å². The summed E-state index contributed by atoms with van der Waals surface area (Å²) in [5.41, 5.74) is 5.67. The molecule has 4 rings (SSSR count). The topological polar surface area (TPSA) is 73.6 Å². The molecule has 2 aromatic carbocycles. The van der Waals surface area contributed by atoms with Crippen LogP contribution in [0.5, 0.6) is 0 Å². The smallest absolute Gasteiger partial charge is 0.253 e. The van der Waals surface area contributed by atoms with Crippen molar-refractivity contribution in [1.82, 2.24) is 20.3 Å². The number of H-pyrrole nitrogens is 2. The predicted octanol–water partition coefficient (Wildman–Crippen LogP) is 3.59. The summed E-state index contributed by atoms with van der Waals surface area (Å²) in [6, 6.07) is 13.6. The zero-order chi connectivity index (χ0) is 16.7. The number of amides is 1. The van der Waals surface area contributed by atoms with Crippen molar-refractivity contribution in [3.05, 3.63) is 65.1 Å². The van der Waals surface area contributed by atoms with Crippen LogP contribution in [-0.4, -0.2) is 20.9 Å². The number of carbonyl (C=O) groups excluding carboxylic acids is 1. The van der Waals surface area contributed by atoms with Gasteiger partial charge in [0.05, 0.1) is 28.7 Å². The van der Waals surface area contributed by atoms with Crippen LogP contribution < -0.4 is 5.32 Å². The molecule has 2 heterocycles. The number of hydrogen-bond acceptors (Lipinski definition) is 2. The molecule has 0 aliphatic carbocycles. The first-order chi connectivity index (χ1) is 11.6.